The highest BCUT2D eigenvalue weighted by Gasteiger charge is 2.36. The van der Waals surface area contributed by atoms with E-state index in [4.69, 9.17) is 0 Å². The summed E-state index contributed by atoms with van der Waals surface area (Å²) in [7, 11) is 0. The molecule has 2 atom stereocenters. The van der Waals surface area contributed by atoms with Crippen LogP contribution in [0.4, 0.5) is 0 Å². The molecular weight excluding hydrogens is 148 g/mol. The molecule has 1 heteroatoms. The lowest BCUT2D eigenvalue weighted by Gasteiger charge is -2.40. The summed E-state index contributed by atoms with van der Waals surface area (Å²) in [6.45, 7) is 10.7. The molecule has 0 spiro atoms. The average molecular weight is 166 g/mol. The van der Waals surface area contributed by atoms with E-state index < -0.39 is 0 Å². The van der Waals surface area contributed by atoms with Gasteiger partial charge in [-0.2, -0.15) is 0 Å². The van der Waals surface area contributed by atoms with Crippen molar-refractivity contribution in [3.8, 4) is 0 Å². The third kappa shape index (κ3) is 1.34. The predicted molar refractivity (Wildman–Crippen MR) is 51.8 cm³/mol. The molecule has 0 heterocycles. The molecule has 12 heavy (non-hydrogen) atoms. The van der Waals surface area contributed by atoms with Crippen LogP contribution in [0.25, 0.3) is 0 Å². The molecule has 1 N–H and O–H groups in total. The fourth-order valence-electron chi connectivity index (χ4n) is 1.91. The van der Waals surface area contributed by atoms with Gasteiger partial charge >= 0.3 is 0 Å². The van der Waals surface area contributed by atoms with Gasteiger partial charge in [-0.3, -0.25) is 0 Å². The van der Waals surface area contributed by atoms with Crippen molar-refractivity contribution < 1.29 is 5.11 Å². The van der Waals surface area contributed by atoms with E-state index in [1.165, 1.54) is 0 Å². The van der Waals surface area contributed by atoms with Gasteiger partial charge in [-0.1, -0.05) is 39.5 Å². The van der Waals surface area contributed by atoms with Gasteiger partial charge in [0.05, 0.1) is 0 Å². The second-order valence-corrected chi connectivity index (χ2v) is 4.25. The minimum Gasteiger partial charge on any atom is -0.396 e. The van der Waals surface area contributed by atoms with Gasteiger partial charge in [0.2, 0.25) is 0 Å². The van der Waals surface area contributed by atoms with Gasteiger partial charge in [0.1, 0.15) is 0 Å². The summed E-state index contributed by atoms with van der Waals surface area (Å²) in [4.78, 5) is 0. The summed E-state index contributed by atoms with van der Waals surface area (Å²) in [5, 5.41) is 9.24. The predicted octanol–water partition coefficient (Wildman–Crippen LogP) is 2.38. The summed E-state index contributed by atoms with van der Waals surface area (Å²) < 4.78 is 0. The Morgan fingerprint density at radius 3 is 2.58 bits per heavy atom. The SMILES string of the molecule is C=C1C=C[C@H](C)[C@H](CO)C1(C)C. The Morgan fingerprint density at radius 1 is 1.58 bits per heavy atom. The van der Waals surface area contributed by atoms with Crippen LogP contribution in [-0.2, 0) is 0 Å². The fourth-order valence-corrected chi connectivity index (χ4v) is 1.91. The summed E-state index contributed by atoms with van der Waals surface area (Å²) in [5.41, 5.74) is 1.17. The Bertz CT molecular complexity index is 213. The Labute approximate surface area is 74.8 Å². The van der Waals surface area contributed by atoms with Crippen LogP contribution < -0.4 is 0 Å². The van der Waals surface area contributed by atoms with E-state index >= 15 is 0 Å². The van der Waals surface area contributed by atoms with Crippen molar-refractivity contribution in [3.63, 3.8) is 0 Å². The van der Waals surface area contributed by atoms with E-state index in [1.54, 1.807) is 0 Å². The Kier molecular flexibility index (Phi) is 2.43. The molecule has 0 radical (unpaired) electrons. The number of hydrogen-bond acceptors (Lipinski definition) is 1. The largest absolute Gasteiger partial charge is 0.396 e. The van der Waals surface area contributed by atoms with E-state index in [9.17, 15) is 5.11 Å². The van der Waals surface area contributed by atoms with Gasteiger partial charge in [-0.15, -0.1) is 0 Å². The molecule has 0 bridgehead atoms. The van der Waals surface area contributed by atoms with Crippen LogP contribution in [0.5, 0.6) is 0 Å². The van der Waals surface area contributed by atoms with Crippen molar-refractivity contribution in [2.24, 2.45) is 17.3 Å². The molecule has 1 aliphatic carbocycles. The molecule has 1 aliphatic rings. The fraction of sp³-hybridized carbons (Fsp3) is 0.636. The summed E-state index contributed by atoms with van der Waals surface area (Å²) >= 11 is 0. The molecule has 68 valence electrons. The third-order valence-electron chi connectivity index (χ3n) is 3.19. The zero-order valence-electron chi connectivity index (χ0n) is 8.17. The molecule has 0 amide bonds. The maximum absolute atomic E-state index is 9.24. The first-order valence-electron chi connectivity index (χ1n) is 4.48. The van der Waals surface area contributed by atoms with E-state index in [1.807, 2.05) is 0 Å². The maximum Gasteiger partial charge on any atom is 0.0473 e. The van der Waals surface area contributed by atoms with Crippen LogP contribution in [0.3, 0.4) is 0 Å². The molecule has 0 aromatic carbocycles. The summed E-state index contributed by atoms with van der Waals surface area (Å²) in [6, 6.07) is 0. The van der Waals surface area contributed by atoms with Crippen LogP contribution >= 0.6 is 0 Å². The molecule has 1 nitrogen and oxygen atoms in total. The van der Waals surface area contributed by atoms with Crippen molar-refractivity contribution in [2.75, 3.05) is 6.61 Å². The number of hydrogen-bond donors (Lipinski definition) is 1. The Balaban J connectivity index is 2.97. The summed E-state index contributed by atoms with van der Waals surface area (Å²) in [5.74, 6) is 0.769. The topological polar surface area (TPSA) is 20.2 Å². The van der Waals surface area contributed by atoms with Gasteiger partial charge in [-0.25, -0.2) is 0 Å². The van der Waals surface area contributed by atoms with Gasteiger partial charge < -0.3 is 5.11 Å². The Hall–Kier alpha value is -0.560. The summed E-state index contributed by atoms with van der Waals surface area (Å²) in [6.07, 6.45) is 4.21. The second-order valence-electron chi connectivity index (χ2n) is 4.25. The minimum atomic E-state index is 0.0446. The molecule has 0 aliphatic heterocycles. The van der Waals surface area contributed by atoms with Crippen molar-refractivity contribution in [1.82, 2.24) is 0 Å². The molecule has 0 saturated heterocycles. The second kappa shape index (κ2) is 3.06. The van der Waals surface area contributed by atoms with E-state index in [0.29, 0.717) is 11.8 Å². The molecule has 0 aromatic heterocycles. The lowest BCUT2D eigenvalue weighted by atomic mass is 9.65. The van der Waals surface area contributed by atoms with Crippen LogP contribution in [0.2, 0.25) is 0 Å². The number of aliphatic hydroxyl groups excluding tert-OH is 1. The number of aliphatic hydroxyl groups is 1. The van der Waals surface area contributed by atoms with Crippen molar-refractivity contribution in [2.45, 2.75) is 20.8 Å². The van der Waals surface area contributed by atoms with Crippen molar-refractivity contribution in [3.05, 3.63) is 24.3 Å². The highest BCUT2D eigenvalue weighted by molar-refractivity contribution is 5.28. The highest BCUT2D eigenvalue weighted by atomic mass is 16.3. The van der Waals surface area contributed by atoms with Crippen LogP contribution in [0, 0.1) is 17.3 Å². The smallest absolute Gasteiger partial charge is 0.0473 e. The van der Waals surface area contributed by atoms with Gasteiger partial charge in [0, 0.05) is 6.61 Å². The first kappa shape index (κ1) is 9.53. The molecule has 1 rings (SSSR count). The first-order valence-corrected chi connectivity index (χ1v) is 4.48. The van der Waals surface area contributed by atoms with Crippen molar-refractivity contribution >= 4 is 0 Å². The first-order chi connectivity index (χ1) is 5.50. The zero-order valence-corrected chi connectivity index (χ0v) is 8.17. The van der Waals surface area contributed by atoms with Gasteiger partial charge in [0.15, 0.2) is 0 Å². The zero-order chi connectivity index (χ0) is 9.35. The lowest BCUT2D eigenvalue weighted by Crippen LogP contribution is -2.35. The maximum atomic E-state index is 9.24. The molecule has 0 unspecified atom stereocenters. The van der Waals surface area contributed by atoms with Crippen LogP contribution in [0.1, 0.15) is 20.8 Å². The van der Waals surface area contributed by atoms with Gasteiger partial charge in [0.25, 0.3) is 0 Å². The van der Waals surface area contributed by atoms with Crippen molar-refractivity contribution in [1.29, 1.82) is 0 Å². The molecule has 0 fully saturated rings. The van der Waals surface area contributed by atoms with E-state index in [0.717, 1.165) is 5.57 Å². The number of rotatable bonds is 1. The molecular formula is C11H18O. The molecule has 0 saturated carbocycles. The van der Waals surface area contributed by atoms with E-state index in [-0.39, 0.29) is 12.0 Å². The quantitative estimate of drug-likeness (QED) is 0.634. The molecule has 0 aromatic rings. The standard InChI is InChI=1S/C11H18O/c1-8-5-6-9(2)11(3,4)10(8)7-12/h5-6,8,10,12H,2,7H2,1,3-4H3/t8-,10-/m0/s1. The van der Waals surface area contributed by atoms with Crippen LogP contribution in [-0.4, -0.2) is 11.7 Å². The minimum absolute atomic E-state index is 0.0446. The number of allylic oxidation sites excluding steroid dienone is 3. The van der Waals surface area contributed by atoms with Gasteiger partial charge in [-0.05, 0) is 22.8 Å². The highest BCUT2D eigenvalue weighted by Crippen LogP contribution is 2.42. The normalized spacial score (nSPS) is 33.8. The monoisotopic (exact) mass is 166 g/mol. The third-order valence-corrected chi connectivity index (χ3v) is 3.19. The van der Waals surface area contributed by atoms with E-state index in [2.05, 4.69) is 39.5 Å². The van der Waals surface area contributed by atoms with Crippen LogP contribution in [0.15, 0.2) is 24.3 Å². The Morgan fingerprint density at radius 2 is 2.17 bits per heavy atom. The lowest BCUT2D eigenvalue weighted by molar-refractivity contribution is 0.111. The average Bonchev–Trinajstić information content (AvgIpc) is 1.98.